The third-order valence-electron chi connectivity index (χ3n) is 4.98. The van der Waals surface area contributed by atoms with Gasteiger partial charge < -0.3 is 19.7 Å². The highest BCUT2D eigenvalue weighted by Crippen LogP contribution is 2.32. The molecule has 27 heavy (non-hydrogen) atoms. The number of piperidine rings is 1. The number of ether oxygens (including phenoxy) is 2. The van der Waals surface area contributed by atoms with Crippen molar-refractivity contribution in [3.05, 3.63) is 54.2 Å². The Labute approximate surface area is 158 Å². The molecular weight excluding hydrogens is 342 g/mol. The second kappa shape index (κ2) is 8.12. The molecule has 1 aromatic heterocycles. The van der Waals surface area contributed by atoms with Crippen LogP contribution in [0, 0.1) is 5.92 Å². The first-order valence-electron chi connectivity index (χ1n) is 9.29. The summed E-state index contributed by atoms with van der Waals surface area (Å²) >= 11 is 0. The Morgan fingerprint density at radius 1 is 1.19 bits per heavy atom. The van der Waals surface area contributed by atoms with Crippen molar-refractivity contribution in [2.75, 3.05) is 31.3 Å². The van der Waals surface area contributed by atoms with E-state index < -0.39 is 0 Å². The lowest BCUT2D eigenvalue weighted by Crippen LogP contribution is -2.38. The summed E-state index contributed by atoms with van der Waals surface area (Å²) in [6.07, 6.45) is 7.31. The zero-order chi connectivity index (χ0) is 18.5. The largest absolute Gasteiger partial charge is 0.454 e. The molecule has 0 spiro atoms. The van der Waals surface area contributed by atoms with E-state index in [9.17, 15) is 4.79 Å². The fourth-order valence-electron chi connectivity index (χ4n) is 3.40. The second-order valence-electron chi connectivity index (χ2n) is 6.81. The number of amides is 1. The molecule has 2 aliphatic heterocycles. The Bertz CT molecular complexity index is 815. The highest BCUT2D eigenvalue weighted by molar-refractivity contribution is 5.91. The van der Waals surface area contributed by atoms with Crippen LogP contribution in [0.2, 0.25) is 0 Å². The van der Waals surface area contributed by atoms with Crippen molar-refractivity contribution in [1.29, 1.82) is 0 Å². The number of rotatable bonds is 5. The summed E-state index contributed by atoms with van der Waals surface area (Å²) in [5, 5.41) is 3.01. The molecule has 140 valence electrons. The molecule has 2 aromatic rings. The van der Waals surface area contributed by atoms with Crippen molar-refractivity contribution < 1.29 is 14.3 Å². The number of pyridine rings is 1. The lowest BCUT2D eigenvalue weighted by Gasteiger charge is -2.32. The molecule has 0 saturated carbocycles. The summed E-state index contributed by atoms with van der Waals surface area (Å²) in [6.45, 7) is 2.91. The first kappa shape index (κ1) is 17.4. The molecule has 4 rings (SSSR count). The lowest BCUT2D eigenvalue weighted by atomic mass is 9.97. The summed E-state index contributed by atoms with van der Waals surface area (Å²) in [6, 6.07) is 11.6. The van der Waals surface area contributed by atoms with Gasteiger partial charge >= 0.3 is 0 Å². The Morgan fingerprint density at radius 3 is 2.85 bits per heavy atom. The summed E-state index contributed by atoms with van der Waals surface area (Å²) in [5.74, 6) is 2.94. The second-order valence-corrected chi connectivity index (χ2v) is 6.81. The molecule has 2 aliphatic rings. The molecule has 1 amide bonds. The van der Waals surface area contributed by atoms with E-state index in [2.05, 4.69) is 15.2 Å². The number of carbonyl (C=O) groups excluding carboxylic acids is 1. The molecule has 0 bridgehead atoms. The molecule has 1 saturated heterocycles. The van der Waals surface area contributed by atoms with Gasteiger partial charge in [-0.3, -0.25) is 4.79 Å². The van der Waals surface area contributed by atoms with E-state index >= 15 is 0 Å². The minimum absolute atomic E-state index is 0.0696. The summed E-state index contributed by atoms with van der Waals surface area (Å²) in [4.78, 5) is 18.8. The Kier molecular flexibility index (Phi) is 5.23. The van der Waals surface area contributed by atoms with E-state index in [0.29, 0.717) is 12.5 Å². The van der Waals surface area contributed by atoms with Gasteiger partial charge in [0.25, 0.3) is 0 Å². The van der Waals surface area contributed by atoms with Crippen LogP contribution >= 0.6 is 0 Å². The van der Waals surface area contributed by atoms with Crippen LogP contribution in [-0.2, 0) is 4.79 Å². The van der Waals surface area contributed by atoms with Gasteiger partial charge in [0.15, 0.2) is 11.5 Å². The van der Waals surface area contributed by atoms with Gasteiger partial charge in [0, 0.05) is 31.9 Å². The van der Waals surface area contributed by atoms with E-state index in [1.807, 2.05) is 42.6 Å². The van der Waals surface area contributed by atoms with Crippen LogP contribution in [0.4, 0.5) is 5.82 Å². The maximum atomic E-state index is 12.1. The van der Waals surface area contributed by atoms with Gasteiger partial charge in [-0.2, -0.15) is 0 Å². The number of anilines is 1. The number of nitrogens with zero attached hydrogens (tertiary/aromatic N) is 2. The van der Waals surface area contributed by atoms with Gasteiger partial charge in [-0.15, -0.1) is 0 Å². The zero-order valence-corrected chi connectivity index (χ0v) is 15.1. The van der Waals surface area contributed by atoms with Crippen LogP contribution in [0.15, 0.2) is 48.7 Å². The molecule has 0 aliphatic carbocycles. The zero-order valence-electron chi connectivity index (χ0n) is 15.1. The first-order chi connectivity index (χ1) is 13.3. The SMILES string of the molecule is O=C(C=Cc1ccc2c(c1)OCO2)NCC1CCN(c2ccccn2)CC1. The standard InChI is InChI=1S/C21H23N3O3/c25-21(7-5-16-4-6-18-19(13-16)27-15-26-18)23-14-17-8-11-24(12-9-17)20-3-1-2-10-22-20/h1-7,10,13,17H,8-9,11-12,14-15H2,(H,23,25). The van der Waals surface area contributed by atoms with E-state index in [1.54, 1.807) is 12.2 Å². The van der Waals surface area contributed by atoms with Crippen molar-refractivity contribution in [1.82, 2.24) is 10.3 Å². The van der Waals surface area contributed by atoms with Gasteiger partial charge in [0.2, 0.25) is 12.7 Å². The molecule has 6 nitrogen and oxygen atoms in total. The Hall–Kier alpha value is -3.02. The topological polar surface area (TPSA) is 63.7 Å². The van der Waals surface area contributed by atoms with Crippen LogP contribution in [0.3, 0.4) is 0 Å². The predicted octanol–water partition coefficient (Wildman–Crippen LogP) is 2.86. The highest BCUT2D eigenvalue weighted by Gasteiger charge is 2.20. The van der Waals surface area contributed by atoms with Crippen molar-refractivity contribution >= 4 is 17.8 Å². The predicted molar refractivity (Wildman–Crippen MR) is 104 cm³/mol. The van der Waals surface area contributed by atoms with Gasteiger partial charge in [0.1, 0.15) is 5.82 Å². The number of benzene rings is 1. The normalized spacial score (nSPS) is 16.7. The van der Waals surface area contributed by atoms with Crippen LogP contribution in [0.25, 0.3) is 6.08 Å². The van der Waals surface area contributed by atoms with Crippen molar-refractivity contribution in [3.63, 3.8) is 0 Å². The van der Waals surface area contributed by atoms with E-state index in [4.69, 9.17) is 9.47 Å². The van der Waals surface area contributed by atoms with E-state index in [1.165, 1.54) is 0 Å². The molecule has 1 N–H and O–H groups in total. The summed E-state index contributed by atoms with van der Waals surface area (Å²) in [7, 11) is 0. The summed E-state index contributed by atoms with van der Waals surface area (Å²) in [5.41, 5.74) is 0.915. The number of fused-ring (bicyclic) bond motifs is 1. The molecule has 0 radical (unpaired) electrons. The lowest BCUT2D eigenvalue weighted by molar-refractivity contribution is -0.116. The minimum Gasteiger partial charge on any atom is -0.454 e. The van der Waals surface area contributed by atoms with Gasteiger partial charge in [0.05, 0.1) is 0 Å². The van der Waals surface area contributed by atoms with Gasteiger partial charge in [-0.25, -0.2) is 4.98 Å². The van der Waals surface area contributed by atoms with Crippen LogP contribution in [0.5, 0.6) is 11.5 Å². The van der Waals surface area contributed by atoms with Crippen molar-refractivity contribution in [2.45, 2.75) is 12.8 Å². The van der Waals surface area contributed by atoms with E-state index in [-0.39, 0.29) is 12.7 Å². The Balaban J connectivity index is 1.22. The van der Waals surface area contributed by atoms with E-state index in [0.717, 1.165) is 48.8 Å². The smallest absolute Gasteiger partial charge is 0.244 e. The van der Waals surface area contributed by atoms with Gasteiger partial charge in [-0.1, -0.05) is 12.1 Å². The molecule has 1 fully saturated rings. The third-order valence-corrected chi connectivity index (χ3v) is 4.98. The average molecular weight is 365 g/mol. The first-order valence-corrected chi connectivity index (χ1v) is 9.29. The minimum atomic E-state index is -0.0696. The fraction of sp³-hybridized carbons (Fsp3) is 0.333. The molecule has 6 heteroatoms. The maximum Gasteiger partial charge on any atom is 0.244 e. The average Bonchev–Trinajstić information content (AvgIpc) is 3.19. The van der Waals surface area contributed by atoms with Gasteiger partial charge in [-0.05, 0) is 54.7 Å². The number of carbonyl (C=O) groups is 1. The summed E-state index contributed by atoms with van der Waals surface area (Å²) < 4.78 is 10.6. The van der Waals surface area contributed by atoms with Crippen molar-refractivity contribution in [2.24, 2.45) is 5.92 Å². The van der Waals surface area contributed by atoms with Crippen LogP contribution in [-0.4, -0.2) is 37.3 Å². The van der Waals surface area contributed by atoms with Crippen LogP contribution in [0.1, 0.15) is 18.4 Å². The molecule has 0 atom stereocenters. The molecule has 1 aromatic carbocycles. The number of hydrogen-bond donors (Lipinski definition) is 1. The number of hydrogen-bond acceptors (Lipinski definition) is 5. The van der Waals surface area contributed by atoms with Crippen LogP contribution < -0.4 is 19.7 Å². The maximum absolute atomic E-state index is 12.1. The third kappa shape index (κ3) is 4.39. The molecule has 3 heterocycles. The number of nitrogens with one attached hydrogen (secondary N) is 1. The van der Waals surface area contributed by atoms with Crippen molar-refractivity contribution in [3.8, 4) is 11.5 Å². The highest BCUT2D eigenvalue weighted by atomic mass is 16.7. The fourth-order valence-corrected chi connectivity index (χ4v) is 3.40. The molecule has 0 unspecified atom stereocenters. The monoisotopic (exact) mass is 365 g/mol. The molecular formula is C21H23N3O3. The quantitative estimate of drug-likeness (QED) is 0.826. The number of aromatic nitrogens is 1. The Morgan fingerprint density at radius 2 is 2.04 bits per heavy atom.